The van der Waals surface area contributed by atoms with Crippen molar-refractivity contribution in [2.24, 2.45) is 0 Å². The van der Waals surface area contributed by atoms with Crippen LogP contribution in [-0.2, 0) is 11.3 Å². The third-order valence-corrected chi connectivity index (χ3v) is 5.40. The first kappa shape index (κ1) is 19.8. The molecule has 3 heterocycles. The van der Waals surface area contributed by atoms with E-state index in [1.54, 1.807) is 30.1 Å². The molecule has 4 aromatic rings. The van der Waals surface area contributed by atoms with Crippen LogP contribution in [0, 0.1) is 12.3 Å². The number of aryl methyl sites for hydroxylation is 1. The van der Waals surface area contributed by atoms with Crippen molar-refractivity contribution < 1.29 is 13.9 Å². The lowest BCUT2D eigenvalue weighted by Crippen LogP contribution is -2.26. The Hall–Kier alpha value is -3.53. The Morgan fingerprint density at radius 1 is 1.37 bits per heavy atom. The van der Waals surface area contributed by atoms with E-state index in [4.69, 9.17) is 14.6 Å². The van der Waals surface area contributed by atoms with Crippen molar-refractivity contribution in [3.63, 3.8) is 0 Å². The number of methoxy groups -OCH3 is 1. The predicted octanol–water partition coefficient (Wildman–Crippen LogP) is 2.55. The SMILES string of the molecule is COc1cccc(-n2c(SCC(=O)NCc3ccco3)nc3n[nH]c(C)c3c2=N)c1. The summed E-state index contributed by atoms with van der Waals surface area (Å²) in [6.45, 7) is 2.16. The van der Waals surface area contributed by atoms with Crippen LogP contribution in [0.4, 0.5) is 0 Å². The number of hydrogen-bond donors (Lipinski definition) is 3. The van der Waals surface area contributed by atoms with Gasteiger partial charge in [0.05, 0.1) is 36.7 Å². The van der Waals surface area contributed by atoms with E-state index in [0.717, 1.165) is 5.69 Å². The fraction of sp³-hybridized carbons (Fsp3) is 0.200. The first-order valence-corrected chi connectivity index (χ1v) is 10.1. The van der Waals surface area contributed by atoms with Crippen LogP contribution in [-0.4, -0.2) is 38.5 Å². The van der Waals surface area contributed by atoms with Gasteiger partial charge in [-0.05, 0) is 31.2 Å². The van der Waals surface area contributed by atoms with Gasteiger partial charge in [0.2, 0.25) is 5.91 Å². The summed E-state index contributed by atoms with van der Waals surface area (Å²) in [5.41, 5.74) is 2.15. The van der Waals surface area contributed by atoms with E-state index in [1.807, 2.05) is 31.2 Å². The predicted molar refractivity (Wildman–Crippen MR) is 112 cm³/mol. The Morgan fingerprint density at radius 2 is 2.23 bits per heavy atom. The maximum absolute atomic E-state index is 12.3. The third kappa shape index (κ3) is 3.94. The number of furan rings is 1. The monoisotopic (exact) mass is 424 g/mol. The van der Waals surface area contributed by atoms with Crippen molar-refractivity contribution in [3.8, 4) is 11.4 Å². The molecule has 0 fully saturated rings. The molecule has 0 unspecified atom stereocenters. The number of rotatable bonds is 7. The van der Waals surface area contributed by atoms with Gasteiger partial charge >= 0.3 is 0 Å². The van der Waals surface area contributed by atoms with E-state index in [1.165, 1.54) is 11.8 Å². The first-order chi connectivity index (χ1) is 14.6. The minimum atomic E-state index is -0.166. The van der Waals surface area contributed by atoms with Gasteiger partial charge in [0.15, 0.2) is 10.8 Å². The molecule has 30 heavy (non-hydrogen) atoms. The smallest absolute Gasteiger partial charge is 0.230 e. The van der Waals surface area contributed by atoms with Crippen LogP contribution in [0.15, 0.2) is 52.2 Å². The molecule has 0 radical (unpaired) electrons. The minimum Gasteiger partial charge on any atom is -0.497 e. The van der Waals surface area contributed by atoms with Crippen molar-refractivity contribution in [3.05, 3.63) is 59.6 Å². The summed E-state index contributed by atoms with van der Waals surface area (Å²) in [6, 6.07) is 10.9. The summed E-state index contributed by atoms with van der Waals surface area (Å²) >= 11 is 1.23. The van der Waals surface area contributed by atoms with Gasteiger partial charge in [0, 0.05) is 11.8 Å². The molecule has 1 amide bonds. The summed E-state index contributed by atoms with van der Waals surface area (Å²) in [6.07, 6.45) is 1.56. The molecule has 4 rings (SSSR count). The summed E-state index contributed by atoms with van der Waals surface area (Å²) in [5, 5.41) is 19.7. The molecule has 3 aromatic heterocycles. The van der Waals surface area contributed by atoms with E-state index in [9.17, 15) is 4.79 Å². The number of ether oxygens (including phenoxy) is 1. The van der Waals surface area contributed by atoms with E-state index in [2.05, 4.69) is 20.5 Å². The molecular formula is C20H20N6O3S. The molecule has 3 N–H and O–H groups in total. The van der Waals surface area contributed by atoms with Crippen LogP contribution >= 0.6 is 11.8 Å². The molecule has 0 spiro atoms. The second-order valence-corrected chi connectivity index (χ2v) is 7.41. The molecule has 0 saturated heterocycles. The Bertz CT molecular complexity index is 1250. The number of carbonyl (C=O) groups is 1. The summed E-state index contributed by atoms with van der Waals surface area (Å²) < 4.78 is 12.2. The molecule has 0 saturated carbocycles. The minimum absolute atomic E-state index is 0.131. The highest BCUT2D eigenvalue weighted by atomic mass is 32.2. The lowest BCUT2D eigenvalue weighted by atomic mass is 10.2. The molecule has 0 aliphatic rings. The second kappa shape index (κ2) is 8.46. The molecule has 154 valence electrons. The fourth-order valence-corrected chi connectivity index (χ4v) is 3.83. The summed E-state index contributed by atoms with van der Waals surface area (Å²) in [7, 11) is 1.59. The van der Waals surface area contributed by atoms with E-state index in [-0.39, 0.29) is 17.1 Å². The van der Waals surface area contributed by atoms with E-state index >= 15 is 0 Å². The third-order valence-electron chi connectivity index (χ3n) is 4.47. The first-order valence-electron chi connectivity index (χ1n) is 9.15. The highest BCUT2D eigenvalue weighted by Gasteiger charge is 2.16. The van der Waals surface area contributed by atoms with Crippen molar-refractivity contribution >= 4 is 28.7 Å². The van der Waals surface area contributed by atoms with Gasteiger partial charge in [-0.25, -0.2) is 4.98 Å². The number of H-pyrrole nitrogens is 1. The number of nitrogens with zero attached hydrogens (tertiary/aromatic N) is 3. The fourth-order valence-electron chi connectivity index (χ4n) is 2.99. The average Bonchev–Trinajstić information content (AvgIpc) is 3.40. The highest BCUT2D eigenvalue weighted by molar-refractivity contribution is 7.99. The number of fused-ring (bicyclic) bond motifs is 1. The number of carbonyl (C=O) groups excluding carboxylic acids is 1. The molecule has 0 aliphatic carbocycles. The lowest BCUT2D eigenvalue weighted by Gasteiger charge is -2.14. The number of aromatic nitrogens is 4. The van der Waals surface area contributed by atoms with Crippen LogP contribution in [0.3, 0.4) is 0 Å². The van der Waals surface area contributed by atoms with Crippen LogP contribution in [0.25, 0.3) is 16.7 Å². The number of nitrogens with one attached hydrogen (secondary N) is 3. The zero-order valence-corrected chi connectivity index (χ0v) is 17.2. The van der Waals surface area contributed by atoms with Gasteiger partial charge in [-0.1, -0.05) is 17.8 Å². The quantitative estimate of drug-likeness (QED) is 0.310. The molecule has 0 aliphatic heterocycles. The zero-order chi connectivity index (χ0) is 21.1. The molecule has 0 bridgehead atoms. The maximum Gasteiger partial charge on any atom is 0.230 e. The largest absolute Gasteiger partial charge is 0.497 e. The van der Waals surface area contributed by atoms with Gasteiger partial charge < -0.3 is 14.5 Å². The summed E-state index contributed by atoms with van der Waals surface area (Å²) in [4.78, 5) is 16.9. The Kier molecular flexibility index (Phi) is 5.57. The molecule has 9 nitrogen and oxygen atoms in total. The van der Waals surface area contributed by atoms with Gasteiger partial charge in [-0.3, -0.25) is 19.9 Å². The second-order valence-electron chi connectivity index (χ2n) is 6.47. The van der Waals surface area contributed by atoms with Crippen molar-refractivity contribution in [2.45, 2.75) is 18.6 Å². The van der Waals surface area contributed by atoms with E-state index < -0.39 is 0 Å². The van der Waals surface area contributed by atoms with Gasteiger partial charge in [-0.15, -0.1) is 0 Å². The van der Waals surface area contributed by atoms with Crippen LogP contribution in [0.2, 0.25) is 0 Å². The molecule has 0 atom stereocenters. The highest BCUT2D eigenvalue weighted by Crippen LogP contribution is 2.23. The van der Waals surface area contributed by atoms with Crippen molar-refractivity contribution in [1.82, 2.24) is 25.1 Å². The number of benzene rings is 1. The van der Waals surface area contributed by atoms with Gasteiger partial charge in [0.25, 0.3) is 0 Å². The topological polar surface area (TPSA) is 122 Å². The van der Waals surface area contributed by atoms with Crippen molar-refractivity contribution in [1.29, 1.82) is 5.41 Å². The van der Waals surface area contributed by atoms with Crippen molar-refractivity contribution in [2.75, 3.05) is 12.9 Å². The van der Waals surface area contributed by atoms with E-state index in [0.29, 0.717) is 39.9 Å². The molecule has 1 aromatic carbocycles. The normalized spacial score (nSPS) is 11.0. The van der Waals surface area contributed by atoms with Gasteiger partial charge in [0.1, 0.15) is 17.0 Å². The zero-order valence-electron chi connectivity index (χ0n) is 16.4. The van der Waals surface area contributed by atoms with Crippen LogP contribution in [0.5, 0.6) is 5.75 Å². The lowest BCUT2D eigenvalue weighted by molar-refractivity contribution is -0.118. The number of amides is 1. The average molecular weight is 424 g/mol. The Morgan fingerprint density at radius 3 is 3.00 bits per heavy atom. The molecule has 10 heteroatoms. The Labute approximate surface area is 176 Å². The Balaban J connectivity index is 1.65. The van der Waals surface area contributed by atoms with Crippen LogP contribution < -0.4 is 15.5 Å². The number of aromatic amines is 1. The number of thioether (sulfide) groups is 1. The van der Waals surface area contributed by atoms with Crippen LogP contribution in [0.1, 0.15) is 11.5 Å². The number of hydrogen-bond acceptors (Lipinski definition) is 7. The standard InChI is InChI=1S/C20H20N6O3S/c1-12-17-18(21)26(13-5-3-6-14(9-13)28-2)20(23-19(17)25-24-12)30-11-16(27)22-10-15-7-4-8-29-15/h3-9,21H,10-11H2,1-2H3,(H,22,27)(H,24,25). The summed E-state index contributed by atoms with van der Waals surface area (Å²) in [5.74, 6) is 1.31. The maximum atomic E-state index is 12.3. The molecular weight excluding hydrogens is 404 g/mol. The van der Waals surface area contributed by atoms with Gasteiger partial charge in [-0.2, -0.15) is 5.10 Å².